The zero-order valence-electron chi connectivity index (χ0n) is 14.8. The van der Waals surface area contributed by atoms with E-state index in [1.807, 2.05) is 6.07 Å². The molecule has 0 bridgehead atoms. The molecule has 0 aliphatic rings. The Hall–Kier alpha value is -1.51. The average molecular weight is 320 g/mol. The van der Waals surface area contributed by atoms with Gasteiger partial charge < -0.3 is 9.84 Å². The second-order valence-corrected chi connectivity index (χ2v) is 6.26. The molecule has 0 saturated carbocycles. The number of ether oxygens (including phenoxy) is 1. The molecule has 130 valence electrons. The largest absolute Gasteiger partial charge is 0.497 e. The minimum absolute atomic E-state index is 0.404. The van der Waals surface area contributed by atoms with Gasteiger partial charge in [0.25, 0.3) is 0 Å². The predicted octanol–water partition coefficient (Wildman–Crippen LogP) is 5.86. The number of rotatable bonds is 13. The van der Waals surface area contributed by atoms with Crippen LogP contribution in [0.15, 0.2) is 18.2 Å². The summed E-state index contributed by atoms with van der Waals surface area (Å²) < 4.78 is 5.20. The Labute approximate surface area is 141 Å². The molecule has 0 saturated heterocycles. The van der Waals surface area contributed by atoms with E-state index in [0.29, 0.717) is 5.56 Å². The normalized spacial score (nSPS) is 10.7. The number of aryl methyl sites for hydroxylation is 1. The number of hydrogen-bond acceptors (Lipinski definition) is 2. The molecule has 3 heteroatoms. The molecule has 23 heavy (non-hydrogen) atoms. The predicted molar refractivity (Wildman–Crippen MR) is 95.5 cm³/mol. The molecular formula is C20H32O3. The van der Waals surface area contributed by atoms with Crippen LogP contribution >= 0.6 is 0 Å². The Bertz CT molecular complexity index is 454. The van der Waals surface area contributed by atoms with Crippen LogP contribution < -0.4 is 4.74 Å². The molecule has 1 N–H and O–H groups in total. The van der Waals surface area contributed by atoms with Crippen LogP contribution in [-0.2, 0) is 6.42 Å². The quantitative estimate of drug-likeness (QED) is 0.463. The van der Waals surface area contributed by atoms with Crippen molar-refractivity contribution in [2.24, 2.45) is 0 Å². The first kappa shape index (κ1) is 19.5. The molecule has 1 rings (SSSR count). The standard InChI is InChI=1S/C20H32O3/c1-3-4-5-6-7-8-9-10-11-12-13-17-16-18(23-2)14-15-19(17)20(21)22/h14-16H,3-13H2,1-2H3,(H,21,22). The summed E-state index contributed by atoms with van der Waals surface area (Å²) in [4.78, 5) is 11.3. The summed E-state index contributed by atoms with van der Waals surface area (Å²) in [5.41, 5.74) is 1.29. The number of carboxylic acid groups (broad SMARTS) is 1. The SMILES string of the molecule is CCCCCCCCCCCCc1cc(OC)ccc1C(=O)O. The topological polar surface area (TPSA) is 46.5 Å². The van der Waals surface area contributed by atoms with Crippen LogP contribution in [0.3, 0.4) is 0 Å². The Morgan fingerprint density at radius 1 is 0.957 bits per heavy atom. The van der Waals surface area contributed by atoms with E-state index < -0.39 is 5.97 Å². The minimum atomic E-state index is -0.852. The molecule has 0 aliphatic carbocycles. The Morgan fingerprint density at radius 2 is 1.52 bits per heavy atom. The van der Waals surface area contributed by atoms with Crippen LogP contribution in [0.5, 0.6) is 5.75 Å². The van der Waals surface area contributed by atoms with Gasteiger partial charge in [-0.15, -0.1) is 0 Å². The molecule has 0 radical (unpaired) electrons. The number of methoxy groups -OCH3 is 1. The van der Waals surface area contributed by atoms with Gasteiger partial charge in [0.05, 0.1) is 12.7 Å². The number of aromatic carboxylic acids is 1. The first-order valence-electron chi connectivity index (χ1n) is 9.09. The highest BCUT2D eigenvalue weighted by atomic mass is 16.5. The molecule has 0 unspecified atom stereocenters. The van der Waals surface area contributed by atoms with Crippen molar-refractivity contribution >= 4 is 5.97 Å². The van der Waals surface area contributed by atoms with Crippen LogP contribution in [0.4, 0.5) is 0 Å². The maximum atomic E-state index is 11.3. The highest BCUT2D eigenvalue weighted by Gasteiger charge is 2.10. The third kappa shape index (κ3) is 8.06. The fourth-order valence-electron chi connectivity index (χ4n) is 2.92. The highest BCUT2D eigenvalue weighted by molar-refractivity contribution is 5.89. The van der Waals surface area contributed by atoms with Gasteiger partial charge in [-0.2, -0.15) is 0 Å². The molecule has 0 fully saturated rings. The molecule has 0 atom stereocenters. The lowest BCUT2D eigenvalue weighted by molar-refractivity contribution is 0.0695. The summed E-state index contributed by atoms with van der Waals surface area (Å²) in [5.74, 6) is -0.119. The lowest BCUT2D eigenvalue weighted by atomic mass is 9.99. The molecule has 0 aromatic heterocycles. The first-order valence-corrected chi connectivity index (χ1v) is 9.09. The summed E-state index contributed by atoms with van der Waals surface area (Å²) in [6, 6.07) is 5.22. The van der Waals surface area contributed by atoms with Gasteiger partial charge in [0, 0.05) is 0 Å². The van der Waals surface area contributed by atoms with Gasteiger partial charge in [0.2, 0.25) is 0 Å². The van der Waals surface area contributed by atoms with Gasteiger partial charge in [0.1, 0.15) is 5.75 Å². The lowest BCUT2D eigenvalue weighted by Crippen LogP contribution is -2.03. The molecule has 1 aromatic rings. The Morgan fingerprint density at radius 3 is 2.04 bits per heavy atom. The van der Waals surface area contributed by atoms with Crippen molar-refractivity contribution in [1.29, 1.82) is 0 Å². The zero-order chi connectivity index (χ0) is 16.9. The maximum absolute atomic E-state index is 11.3. The molecule has 1 aromatic carbocycles. The average Bonchev–Trinajstić information content (AvgIpc) is 2.56. The second-order valence-electron chi connectivity index (χ2n) is 6.26. The van der Waals surface area contributed by atoms with Gasteiger partial charge in [-0.05, 0) is 36.6 Å². The van der Waals surface area contributed by atoms with Crippen molar-refractivity contribution in [2.45, 2.75) is 77.6 Å². The lowest BCUT2D eigenvalue weighted by Gasteiger charge is -2.08. The van der Waals surface area contributed by atoms with Gasteiger partial charge in [-0.3, -0.25) is 0 Å². The van der Waals surface area contributed by atoms with E-state index >= 15 is 0 Å². The number of carboxylic acids is 1. The van der Waals surface area contributed by atoms with Crippen molar-refractivity contribution < 1.29 is 14.6 Å². The molecule has 0 aliphatic heterocycles. The van der Waals surface area contributed by atoms with E-state index in [9.17, 15) is 9.90 Å². The number of hydrogen-bond donors (Lipinski definition) is 1. The molecule has 0 amide bonds. The Kier molecular flexibility index (Phi) is 10.2. The number of benzene rings is 1. The molecule has 0 heterocycles. The van der Waals surface area contributed by atoms with Gasteiger partial charge in [-0.1, -0.05) is 64.7 Å². The van der Waals surface area contributed by atoms with Crippen LogP contribution in [-0.4, -0.2) is 18.2 Å². The fraction of sp³-hybridized carbons (Fsp3) is 0.650. The van der Waals surface area contributed by atoms with Crippen LogP contribution in [0.25, 0.3) is 0 Å². The third-order valence-electron chi connectivity index (χ3n) is 4.34. The van der Waals surface area contributed by atoms with Gasteiger partial charge in [0.15, 0.2) is 0 Å². The van der Waals surface area contributed by atoms with E-state index in [1.54, 1.807) is 19.2 Å². The number of unbranched alkanes of at least 4 members (excludes halogenated alkanes) is 9. The number of carbonyl (C=O) groups is 1. The molecule has 0 spiro atoms. The summed E-state index contributed by atoms with van der Waals surface area (Å²) in [6.45, 7) is 2.25. The highest BCUT2D eigenvalue weighted by Crippen LogP contribution is 2.20. The summed E-state index contributed by atoms with van der Waals surface area (Å²) >= 11 is 0. The van der Waals surface area contributed by atoms with E-state index in [0.717, 1.165) is 24.2 Å². The monoisotopic (exact) mass is 320 g/mol. The molecule has 3 nitrogen and oxygen atoms in total. The van der Waals surface area contributed by atoms with E-state index in [-0.39, 0.29) is 0 Å². The van der Waals surface area contributed by atoms with Crippen molar-refractivity contribution in [3.63, 3.8) is 0 Å². The van der Waals surface area contributed by atoms with Crippen LogP contribution in [0.1, 0.15) is 87.1 Å². The summed E-state index contributed by atoms with van der Waals surface area (Å²) in [5, 5.41) is 9.25. The first-order chi connectivity index (χ1) is 11.2. The smallest absolute Gasteiger partial charge is 0.335 e. The van der Waals surface area contributed by atoms with Crippen molar-refractivity contribution in [3.8, 4) is 5.75 Å². The summed E-state index contributed by atoms with van der Waals surface area (Å²) in [7, 11) is 1.61. The zero-order valence-corrected chi connectivity index (χ0v) is 14.8. The van der Waals surface area contributed by atoms with E-state index in [4.69, 9.17) is 4.74 Å². The van der Waals surface area contributed by atoms with Crippen LogP contribution in [0, 0.1) is 0 Å². The van der Waals surface area contributed by atoms with E-state index in [2.05, 4.69) is 6.92 Å². The molecular weight excluding hydrogens is 288 g/mol. The third-order valence-corrected chi connectivity index (χ3v) is 4.34. The Balaban J connectivity index is 2.21. The van der Waals surface area contributed by atoms with Crippen molar-refractivity contribution in [3.05, 3.63) is 29.3 Å². The van der Waals surface area contributed by atoms with Crippen molar-refractivity contribution in [1.82, 2.24) is 0 Å². The van der Waals surface area contributed by atoms with Crippen molar-refractivity contribution in [2.75, 3.05) is 7.11 Å². The fourth-order valence-corrected chi connectivity index (χ4v) is 2.92. The summed E-state index contributed by atoms with van der Waals surface area (Å²) in [6.07, 6.45) is 13.7. The van der Waals surface area contributed by atoms with Gasteiger partial charge in [-0.25, -0.2) is 4.79 Å². The maximum Gasteiger partial charge on any atom is 0.335 e. The van der Waals surface area contributed by atoms with E-state index in [1.165, 1.54) is 57.8 Å². The second kappa shape index (κ2) is 12.0. The minimum Gasteiger partial charge on any atom is -0.497 e. The van der Waals surface area contributed by atoms with Gasteiger partial charge >= 0.3 is 5.97 Å². The van der Waals surface area contributed by atoms with Crippen LogP contribution in [0.2, 0.25) is 0 Å².